The Kier molecular flexibility index (Phi) is 2.92. The van der Waals surface area contributed by atoms with Crippen LogP contribution in [-0.2, 0) is 0 Å². The van der Waals surface area contributed by atoms with Crippen molar-refractivity contribution in [3.05, 3.63) is 0 Å². The molecule has 2 heterocycles. The summed E-state index contributed by atoms with van der Waals surface area (Å²) < 4.78 is 0. The third kappa shape index (κ3) is 1.99. The monoisotopic (exact) mass is 254 g/mol. The molecule has 0 amide bonds. The van der Waals surface area contributed by atoms with Gasteiger partial charge in [0, 0.05) is 22.2 Å². The van der Waals surface area contributed by atoms with Gasteiger partial charge in [0.1, 0.15) is 0 Å². The van der Waals surface area contributed by atoms with E-state index in [1.54, 1.807) is 0 Å². The summed E-state index contributed by atoms with van der Waals surface area (Å²) in [7, 11) is 0. The highest BCUT2D eigenvalue weighted by molar-refractivity contribution is 5.15. The first-order valence-corrected chi connectivity index (χ1v) is 6.99. The summed E-state index contributed by atoms with van der Waals surface area (Å²) in [4.78, 5) is 0. The summed E-state index contributed by atoms with van der Waals surface area (Å²) >= 11 is 0. The zero-order valence-corrected chi connectivity index (χ0v) is 13.2. The van der Waals surface area contributed by atoms with Crippen LogP contribution < -0.4 is 21.3 Å². The van der Waals surface area contributed by atoms with Crippen LogP contribution in [0.25, 0.3) is 0 Å². The Hall–Kier alpha value is -0.160. The third-order valence-electron chi connectivity index (χ3n) is 5.52. The molecule has 4 heteroatoms. The highest BCUT2D eigenvalue weighted by Gasteiger charge is 2.53. The van der Waals surface area contributed by atoms with E-state index in [-0.39, 0.29) is 34.5 Å². The van der Waals surface area contributed by atoms with Gasteiger partial charge in [-0.25, -0.2) is 0 Å². The topological polar surface area (TPSA) is 48.1 Å². The van der Waals surface area contributed by atoms with Gasteiger partial charge in [0.15, 0.2) is 0 Å². The molecule has 0 radical (unpaired) electrons. The minimum atomic E-state index is 0.0421. The van der Waals surface area contributed by atoms with Gasteiger partial charge in [-0.3, -0.25) is 21.3 Å². The van der Waals surface area contributed by atoms with Crippen LogP contribution in [-0.4, -0.2) is 34.5 Å². The Morgan fingerprint density at radius 1 is 0.444 bits per heavy atom. The highest BCUT2D eigenvalue weighted by Crippen LogP contribution is 2.32. The fraction of sp³-hybridized carbons (Fsp3) is 1.00. The van der Waals surface area contributed by atoms with Crippen LogP contribution in [0.5, 0.6) is 0 Å². The number of hydrogen-bond donors (Lipinski definition) is 4. The number of nitrogens with one attached hydrogen (secondary N) is 4. The first-order valence-electron chi connectivity index (χ1n) is 6.99. The first-order chi connectivity index (χ1) is 7.88. The minimum Gasteiger partial charge on any atom is -0.293 e. The summed E-state index contributed by atoms with van der Waals surface area (Å²) in [5, 5.41) is 15.0. The molecule has 0 aromatic heterocycles. The molecule has 0 bridgehead atoms. The van der Waals surface area contributed by atoms with Crippen molar-refractivity contribution in [2.45, 2.75) is 89.9 Å². The van der Waals surface area contributed by atoms with Crippen LogP contribution in [0.1, 0.15) is 55.4 Å². The fourth-order valence-electron chi connectivity index (χ4n) is 2.68. The Morgan fingerprint density at radius 3 is 0.778 bits per heavy atom. The highest BCUT2D eigenvalue weighted by atomic mass is 15.4. The molecule has 106 valence electrons. The van der Waals surface area contributed by atoms with E-state index in [1.807, 2.05) is 0 Å². The Morgan fingerprint density at radius 2 is 0.611 bits per heavy atom. The second kappa shape index (κ2) is 3.69. The van der Waals surface area contributed by atoms with Gasteiger partial charge in [-0.1, -0.05) is 0 Å². The van der Waals surface area contributed by atoms with Crippen molar-refractivity contribution in [3.63, 3.8) is 0 Å². The van der Waals surface area contributed by atoms with E-state index in [2.05, 4.69) is 76.7 Å². The van der Waals surface area contributed by atoms with Crippen molar-refractivity contribution >= 4 is 0 Å². The average molecular weight is 254 g/mol. The SMILES string of the molecule is CC1(C)NC2NC(C)(C)C(C)(C)NC2NC1(C)C. The van der Waals surface area contributed by atoms with Crippen molar-refractivity contribution in [1.29, 1.82) is 0 Å². The summed E-state index contributed by atoms with van der Waals surface area (Å²) in [5.41, 5.74) is 0.168. The second-order valence-corrected chi connectivity index (χ2v) is 8.03. The normalized spacial score (nSPS) is 40.0. The van der Waals surface area contributed by atoms with E-state index >= 15 is 0 Å². The average Bonchev–Trinajstić information content (AvgIpc) is 2.09. The van der Waals surface area contributed by atoms with E-state index in [9.17, 15) is 0 Å². The van der Waals surface area contributed by atoms with E-state index < -0.39 is 0 Å². The van der Waals surface area contributed by atoms with Crippen molar-refractivity contribution < 1.29 is 0 Å². The number of fused-ring (bicyclic) bond motifs is 1. The second-order valence-electron chi connectivity index (χ2n) is 8.03. The van der Waals surface area contributed by atoms with Crippen LogP contribution in [0.15, 0.2) is 0 Å². The smallest absolute Gasteiger partial charge is 0.0876 e. The van der Waals surface area contributed by atoms with Gasteiger partial charge >= 0.3 is 0 Å². The number of piperazine rings is 2. The molecule has 0 aromatic rings. The number of rotatable bonds is 0. The van der Waals surface area contributed by atoms with Gasteiger partial charge in [-0.05, 0) is 55.4 Å². The Labute approximate surface area is 112 Å². The molecule has 0 unspecified atom stereocenters. The van der Waals surface area contributed by atoms with Gasteiger partial charge in [0.2, 0.25) is 0 Å². The lowest BCUT2D eigenvalue weighted by Crippen LogP contribution is -2.88. The maximum atomic E-state index is 3.74. The van der Waals surface area contributed by atoms with Crippen molar-refractivity contribution in [1.82, 2.24) is 21.3 Å². The van der Waals surface area contributed by atoms with Crippen LogP contribution >= 0.6 is 0 Å². The van der Waals surface area contributed by atoms with E-state index in [4.69, 9.17) is 0 Å². The Bertz CT molecular complexity index is 278. The molecule has 0 atom stereocenters. The summed E-state index contributed by atoms with van der Waals surface area (Å²) in [6, 6.07) is 0. The predicted molar refractivity (Wildman–Crippen MR) is 76.4 cm³/mol. The van der Waals surface area contributed by atoms with Crippen molar-refractivity contribution in [2.75, 3.05) is 0 Å². The zero-order valence-electron chi connectivity index (χ0n) is 13.2. The van der Waals surface area contributed by atoms with Crippen molar-refractivity contribution in [3.8, 4) is 0 Å². The third-order valence-corrected chi connectivity index (χ3v) is 5.52. The summed E-state index contributed by atoms with van der Waals surface area (Å²) in [6.45, 7) is 18.0. The molecular weight excluding hydrogens is 224 g/mol. The molecule has 0 aliphatic carbocycles. The number of hydrogen-bond acceptors (Lipinski definition) is 4. The van der Waals surface area contributed by atoms with Gasteiger partial charge in [0.25, 0.3) is 0 Å². The van der Waals surface area contributed by atoms with E-state index in [0.29, 0.717) is 0 Å². The van der Waals surface area contributed by atoms with Gasteiger partial charge in [0.05, 0.1) is 12.3 Å². The molecule has 18 heavy (non-hydrogen) atoms. The van der Waals surface area contributed by atoms with Crippen LogP contribution in [0.4, 0.5) is 0 Å². The Balaban J connectivity index is 2.25. The predicted octanol–water partition coefficient (Wildman–Crippen LogP) is 1.14. The molecule has 0 aromatic carbocycles. The van der Waals surface area contributed by atoms with Gasteiger partial charge in [-0.2, -0.15) is 0 Å². The maximum absolute atomic E-state index is 3.74. The van der Waals surface area contributed by atoms with Crippen LogP contribution in [0, 0.1) is 0 Å². The molecule has 4 N–H and O–H groups in total. The molecule has 2 fully saturated rings. The molecule has 2 rings (SSSR count). The molecule has 0 saturated carbocycles. The lowest BCUT2D eigenvalue weighted by molar-refractivity contribution is -0.0161. The molecule has 2 saturated heterocycles. The van der Waals surface area contributed by atoms with Gasteiger partial charge < -0.3 is 0 Å². The molecule has 2 aliphatic rings. The van der Waals surface area contributed by atoms with Crippen molar-refractivity contribution in [2.24, 2.45) is 0 Å². The standard InChI is InChI=1S/C14H30N4/c1-11(2)12(3,4)16-10-9(15-11)17-13(5,6)14(7,8)18-10/h9-10,15-18H,1-8H3. The maximum Gasteiger partial charge on any atom is 0.0876 e. The molecular formula is C14H30N4. The molecule has 4 nitrogen and oxygen atoms in total. The van der Waals surface area contributed by atoms with Crippen LogP contribution in [0.3, 0.4) is 0 Å². The molecule has 0 spiro atoms. The fourth-order valence-corrected chi connectivity index (χ4v) is 2.68. The lowest BCUT2D eigenvalue weighted by atomic mass is 9.75. The zero-order chi connectivity index (χ0) is 14.0. The van der Waals surface area contributed by atoms with Crippen LogP contribution in [0.2, 0.25) is 0 Å². The summed E-state index contributed by atoms with van der Waals surface area (Å²) in [5.74, 6) is 0. The van der Waals surface area contributed by atoms with Gasteiger partial charge in [-0.15, -0.1) is 0 Å². The van der Waals surface area contributed by atoms with E-state index in [0.717, 1.165) is 0 Å². The minimum absolute atomic E-state index is 0.0421. The van der Waals surface area contributed by atoms with E-state index in [1.165, 1.54) is 0 Å². The largest absolute Gasteiger partial charge is 0.293 e. The summed E-state index contributed by atoms with van der Waals surface area (Å²) in [6.07, 6.45) is 0.493. The quantitative estimate of drug-likeness (QED) is 0.524. The first kappa shape index (κ1) is 14.3. The molecule has 2 aliphatic heterocycles. The lowest BCUT2D eigenvalue weighted by Gasteiger charge is -2.61.